The number of nitrogens with zero attached hydrogens (tertiary/aromatic N) is 5. The smallest absolute Gasteiger partial charge is 0.0900 e. The lowest BCUT2D eigenvalue weighted by Gasteiger charge is -2.32. The van der Waals surface area contributed by atoms with Gasteiger partial charge in [-0.05, 0) is 94.5 Å². The molecule has 0 aliphatic carbocycles. The number of likely N-dealkylation sites (tertiary alicyclic amines) is 1. The maximum absolute atomic E-state index is 9.33. The number of rotatable bonds is 0. The largest absolute Gasteiger partial charge is 0.392 e. The third kappa shape index (κ3) is 23.2. The molecular formula is C35H75N5O8S. The molecule has 5 aliphatic heterocycles. The lowest BCUT2D eigenvalue weighted by Crippen LogP contribution is -2.45. The number of hydrogen-bond donors (Lipinski definition) is 5. The molecule has 14 heteroatoms. The summed E-state index contributed by atoms with van der Waals surface area (Å²) in [7, 11) is 10.1. The minimum Gasteiger partial charge on any atom is -0.392 e. The van der Waals surface area contributed by atoms with Crippen molar-refractivity contribution in [2.24, 2.45) is 0 Å². The lowest BCUT2D eigenvalue weighted by atomic mass is 10.1. The van der Waals surface area contributed by atoms with Gasteiger partial charge in [0.05, 0.1) is 69.7 Å². The quantitative estimate of drug-likeness (QED) is 0.228. The Morgan fingerprint density at radius 1 is 0.592 bits per heavy atom. The van der Waals surface area contributed by atoms with Crippen molar-refractivity contribution in [2.75, 3.05) is 132 Å². The molecule has 0 saturated carbocycles. The first kappa shape index (κ1) is 46.9. The molecule has 5 aliphatic rings. The second-order valence-corrected chi connectivity index (χ2v) is 16.5. The van der Waals surface area contributed by atoms with E-state index in [1.165, 1.54) is 31.0 Å². The van der Waals surface area contributed by atoms with Crippen molar-refractivity contribution in [2.45, 2.75) is 95.2 Å². The molecule has 5 N–H and O–H groups in total. The molecule has 0 spiro atoms. The van der Waals surface area contributed by atoms with Crippen molar-refractivity contribution < 1.29 is 39.7 Å². The van der Waals surface area contributed by atoms with Gasteiger partial charge >= 0.3 is 0 Å². The summed E-state index contributed by atoms with van der Waals surface area (Å²) in [6, 6.07) is 0.428. The molecule has 0 aromatic heterocycles. The van der Waals surface area contributed by atoms with E-state index in [-0.39, 0.29) is 42.2 Å². The van der Waals surface area contributed by atoms with E-state index in [2.05, 4.69) is 59.2 Å². The Morgan fingerprint density at radius 2 is 1.14 bits per heavy atom. The minimum absolute atomic E-state index is 0.0531. The van der Waals surface area contributed by atoms with E-state index in [4.69, 9.17) is 14.2 Å². The Bertz CT molecular complexity index is 766. The molecule has 0 amide bonds. The van der Waals surface area contributed by atoms with E-state index >= 15 is 0 Å². The van der Waals surface area contributed by atoms with Gasteiger partial charge in [0.2, 0.25) is 0 Å². The third-order valence-corrected chi connectivity index (χ3v) is 10.2. The van der Waals surface area contributed by atoms with Crippen molar-refractivity contribution in [1.82, 2.24) is 24.5 Å². The van der Waals surface area contributed by atoms with Crippen LogP contribution in [0.5, 0.6) is 0 Å². The maximum atomic E-state index is 9.33. The molecule has 0 aromatic rings. The molecule has 294 valence electrons. The van der Waals surface area contributed by atoms with Gasteiger partial charge in [-0.15, -0.1) is 0 Å². The predicted octanol–water partition coefficient (Wildman–Crippen LogP) is -0.0276. The van der Waals surface area contributed by atoms with Crippen LogP contribution in [-0.2, 0) is 14.2 Å². The topological polar surface area (TPSA) is 145 Å². The molecule has 7 atom stereocenters. The summed E-state index contributed by atoms with van der Waals surface area (Å²) in [5.41, 5.74) is 0.0531. The van der Waals surface area contributed by atoms with Crippen LogP contribution in [0.1, 0.15) is 47.0 Å². The van der Waals surface area contributed by atoms with Crippen molar-refractivity contribution in [1.29, 1.82) is 0 Å². The van der Waals surface area contributed by atoms with Gasteiger partial charge in [-0.3, -0.25) is 9.80 Å². The van der Waals surface area contributed by atoms with E-state index in [1.807, 2.05) is 40.0 Å². The number of ether oxygens (including phenoxy) is 3. The molecule has 13 nitrogen and oxygen atoms in total. The zero-order valence-electron chi connectivity index (χ0n) is 32.4. The monoisotopic (exact) mass is 726 g/mol. The highest BCUT2D eigenvalue weighted by Gasteiger charge is 2.29. The van der Waals surface area contributed by atoms with E-state index in [0.29, 0.717) is 52.1 Å². The van der Waals surface area contributed by atoms with E-state index in [0.717, 1.165) is 39.1 Å². The molecular weight excluding hydrogens is 650 g/mol. The second-order valence-electron chi connectivity index (χ2n) is 15.2. The lowest BCUT2D eigenvalue weighted by molar-refractivity contribution is 0.0216. The summed E-state index contributed by atoms with van der Waals surface area (Å²) in [5.74, 6) is 2.70. The van der Waals surface area contributed by atoms with Crippen LogP contribution in [0.25, 0.3) is 0 Å². The highest BCUT2D eigenvalue weighted by atomic mass is 32.2. The average molecular weight is 726 g/mol. The number of β-amino-alcohol motifs (C(OH)–C–C–N with tert-alkyl or cyclic N) is 5. The molecule has 49 heavy (non-hydrogen) atoms. The first-order chi connectivity index (χ1) is 23.0. The fourth-order valence-electron chi connectivity index (χ4n) is 5.72. The number of likely N-dealkylation sites (N-methyl/N-ethyl adjacent to an activating group) is 4. The Hall–Kier alpha value is -0.170. The van der Waals surface area contributed by atoms with Gasteiger partial charge in [0.25, 0.3) is 0 Å². The summed E-state index contributed by atoms with van der Waals surface area (Å²) in [4.78, 5) is 10.7. The van der Waals surface area contributed by atoms with Gasteiger partial charge in [0, 0.05) is 63.1 Å². The number of hydrogen-bond acceptors (Lipinski definition) is 14. The molecule has 7 unspecified atom stereocenters. The number of aliphatic hydroxyl groups excluding tert-OH is 5. The summed E-state index contributed by atoms with van der Waals surface area (Å²) < 4.78 is 15.8. The fraction of sp³-hybridized carbons (Fsp3) is 1.00. The van der Waals surface area contributed by atoms with E-state index in [9.17, 15) is 25.5 Å². The third-order valence-electron chi connectivity index (χ3n) is 9.19. The van der Waals surface area contributed by atoms with Crippen LogP contribution in [0.15, 0.2) is 0 Å². The van der Waals surface area contributed by atoms with Crippen LogP contribution in [0.4, 0.5) is 0 Å². The zero-order valence-corrected chi connectivity index (χ0v) is 33.2. The van der Waals surface area contributed by atoms with Gasteiger partial charge in [0.1, 0.15) is 0 Å². The van der Waals surface area contributed by atoms with Crippen molar-refractivity contribution in [3.8, 4) is 0 Å². The number of thioether (sulfide) groups is 1. The minimum atomic E-state index is -0.332. The molecule has 5 fully saturated rings. The Labute approximate surface area is 302 Å². The average Bonchev–Trinajstić information content (AvgIpc) is 3.49. The first-order valence-corrected chi connectivity index (χ1v) is 19.4. The summed E-state index contributed by atoms with van der Waals surface area (Å²) >= 11 is 2.08. The van der Waals surface area contributed by atoms with Crippen LogP contribution in [0.2, 0.25) is 0 Å². The molecule has 5 rings (SSSR count). The second kappa shape index (κ2) is 25.7. The Morgan fingerprint density at radius 3 is 1.80 bits per heavy atom. The Balaban J connectivity index is 0.000000307. The van der Waals surface area contributed by atoms with Crippen LogP contribution in [0.3, 0.4) is 0 Å². The molecule has 5 saturated heterocycles. The van der Waals surface area contributed by atoms with Crippen LogP contribution in [0, 0.1) is 0 Å². The van der Waals surface area contributed by atoms with Gasteiger partial charge in [-0.2, -0.15) is 11.8 Å². The normalized spacial score (nSPS) is 34.5. The van der Waals surface area contributed by atoms with Gasteiger partial charge in [-0.25, -0.2) is 0 Å². The molecule has 0 aromatic carbocycles. The van der Waals surface area contributed by atoms with Crippen molar-refractivity contribution in [3.05, 3.63) is 0 Å². The predicted molar refractivity (Wildman–Crippen MR) is 200 cm³/mol. The van der Waals surface area contributed by atoms with Crippen molar-refractivity contribution >= 4 is 11.8 Å². The van der Waals surface area contributed by atoms with Crippen molar-refractivity contribution in [3.63, 3.8) is 0 Å². The maximum Gasteiger partial charge on any atom is 0.0900 e. The summed E-state index contributed by atoms with van der Waals surface area (Å²) in [5, 5.41) is 46.2. The van der Waals surface area contributed by atoms with Crippen LogP contribution >= 0.6 is 11.8 Å². The van der Waals surface area contributed by atoms with E-state index in [1.54, 1.807) is 0 Å². The van der Waals surface area contributed by atoms with Gasteiger partial charge in [0.15, 0.2) is 0 Å². The van der Waals surface area contributed by atoms with Crippen LogP contribution < -0.4 is 0 Å². The van der Waals surface area contributed by atoms with Gasteiger partial charge < -0.3 is 54.4 Å². The van der Waals surface area contributed by atoms with E-state index < -0.39 is 0 Å². The highest BCUT2D eigenvalue weighted by Crippen LogP contribution is 2.16. The molecule has 0 bridgehead atoms. The standard InChI is InChI=1S/C8H17NO2.3C7H15NO2.C6H13NS/c1-8(2)6-11-5-7(10)4-9(8)3;1-6-4-10-5-7(9)3-8(6)2;1-6-3-8(2)4-7(9)5-10-6;1-8-4-6(9)2-3-7(10)5-8;1-7-3-2-5-8-6-4-7/h7,10H,4-6H2,1-3H3;2*6-7,9H,3-5H2,1-2H3;6-7,9-10H,2-5H2,1H3;2-6H2,1H3. The number of aliphatic hydroxyl groups is 5. The molecule has 0 radical (unpaired) electrons. The molecule has 5 heterocycles. The van der Waals surface area contributed by atoms with Crippen LogP contribution in [-0.4, -0.2) is 230 Å². The van der Waals surface area contributed by atoms with Gasteiger partial charge in [-0.1, -0.05) is 0 Å². The summed E-state index contributed by atoms with van der Waals surface area (Å²) in [6.45, 7) is 18.2. The SMILES string of the molecule is CC1CN(C)CC(O)CO1.CC1COCC(O)CN1C.CN1CC(O)CCC(O)C1.CN1CC(O)COCC1(C)C.CN1CCCSCC1. The zero-order chi connectivity index (χ0) is 37.0. The fourth-order valence-corrected chi connectivity index (χ4v) is 6.70. The summed E-state index contributed by atoms with van der Waals surface area (Å²) in [6.07, 6.45) is 1.64. The first-order valence-electron chi connectivity index (χ1n) is 18.2. The Kier molecular flexibility index (Phi) is 24.6. The highest BCUT2D eigenvalue weighted by molar-refractivity contribution is 7.99.